The molecular formula is C25H15N5. The molecule has 6 aromatic rings. The van der Waals surface area contributed by atoms with Gasteiger partial charge in [0.05, 0.1) is 28.6 Å². The van der Waals surface area contributed by atoms with E-state index in [1.165, 1.54) is 5.39 Å². The zero-order valence-electron chi connectivity index (χ0n) is 15.9. The van der Waals surface area contributed by atoms with Crippen molar-refractivity contribution >= 4 is 32.8 Å². The van der Waals surface area contributed by atoms with Gasteiger partial charge in [0.15, 0.2) is 5.65 Å². The highest BCUT2D eigenvalue weighted by molar-refractivity contribution is 5.88. The molecule has 30 heavy (non-hydrogen) atoms. The van der Waals surface area contributed by atoms with Gasteiger partial charge in [0.2, 0.25) is 0 Å². The minimum absolute atomic E-state index is 0.722. The SMILES string of the molecule is c1ccc2cc(-c3ccc4ncc(-c5cnc6ncccc6c5)nc4c3)ncc2c1. The van der Waals surface area contributed by atoms with Gasteiger partial charge >= 0.3 is 0 Å². The second kappa shape index (κ2) is 6.67. The summed E-state index contributed by atoms with van der Waals surface area (Å²) < 4.78 is 0. The van der Waals surface area contributed by atoms with E-state index in [1.807, 2.05) is 54.7 Å². The molecule has 2 aromatic carbocycles. The molecule has 0 radical (unpaired) electrons. The summed E-state index contributed by atoms with van der Waals surface area (Å²) in [5.41, 5.74) is 6.02. The van der Waals surface area contributed by atoms with Gasteiger partial charge in [-0.25, -0.2) is 15.0 Å². The van der Waals surface area contributed by atoms with Crippen molar-refractivity contribution in [3.05, 3.63) is 91.5 Å². The minimum atomic E-state index is 0.722. The van der Waals surface area contributed by atoms with Crippen LogP contribution in [0.15, 0.2) is 91.5 Å². The van der Waals surface area contributed by atoms with Gasteiger partial charge in [-0.2, -0.15) is 0 Å². The first-order chi connectivity index (χ1) is 14.8. The Morgan fingerprint density at radius 1 is 0.500 bits per heavy atom. The molecule has 0 aliphatic heterocycles. The third-order valence-corrected chi connectivity index (χ3v) is 5.22. The molecule has 0 fully saturated rings. The van der Waals surface area contributed by atoms with Crippen molar-refractivity contribution < 1.29 is 0 Å². The molecule has 0 bridgehead atoms. The number of benzene rings is 2. The molecular weight excluding hydrogens is 370 g/mol. The fraction of sp³-hybridized carbons (Fsp3) is 0. The summed E-state index contributed by atoms with van der Waals surface area (Å²) in [6, 6.07) is 22.3. The van der Waals surface area contributed by atoms with Crippen LogP contribution in [0.4, 0.5) is 0 Å². The largest absolute Gasteiger partial charge is 0.256 e. The third-order valence-electron chi connectivity index (χ3n) is 5.22. The first-order valence-electron chi connectivity index (χ1n) is 9.67. The van der Waals surface area contributed by atoms with Crippen molar-refractivity contribution in [2.24, 2.45) is 0 Å². The molecule has 0 N–H and O–H groups in total. The van der Waals surface area contributed by atoms with Gasteiger partial charge in [-0.05, 0) is 41.8 Å². The third kappa shape index (κ3) is 2.84. The van der Waals surface area contributed by atoms with Crippen LogP contribution < -0.4 is 0 Å². The molecule has 0 saturated carbocycles. The first kappa shape index (κ1) is 16.7. The lowest BCUT2D eigenvalue weighted by atomic mass is 10.1. The number of rotatable bonds is 2. The molecule has 4 aromatic heterocycles. The van der Waals surface area contributed by atoms with Crippen LogP contribution in [0.2, 0.25) is 0 Å². The molecule has 5 heteroatoms. The van der Waals surface area contributed by atoms with Gasteiger partial charge < -0.3 is 0 Å². The van der Waals surface area contributed by atoms with Gasteiger partial charge in [0.1, 0.15) is 0 Å². The molecule has 0 aliphatic rings. The van der Waals surface area contributed by atoms with Crippen LogP contribution in [0.3, 0.4) is 0 Å². The highest BCUT2D eigenvalue weighted by Gasteiger charge is 2.08. The summed E-state index contributed by atoms with van der Waals surface area (Å²) in [7, 11) is 0. The molecule has 0 spiro atoms. The van der Waals surface area contributed by atoms with Crippen LogP contribution in [-0.4, -0.2) is 24.9 Å². The maximum absolute atomic E-state index is 4.85. The van der Waals surface area contributed by atoms with E-state index < -0.39 is 0 Å². The first-order valence-corrected chi connectivity index (χ1v) is 9.67. The maximum atomic E-state index is 4.85. The maximum Gasteiger partial charge on any atom is 0.159 e. The lowest BCUT2D eigenvalue weighted by Gasteiger charge is -2.07. The van der Waals surface area contributed by atoms with Crippen LogP contribution in [0, 0.1) is 0 Å². The predicted molar refractivity (Wildman–Crippen MR) is 119 cm³/mol. The van der Waals surface area contributed by atoms with Crippen molar-refractivity contribution in [3.8, 4) is 22.5 Å². The summed E-state index contributed by atoms with van der Waals surface area (Å²) in [4.78, 5) is 22.8. The van der Waals surface area contributed by atoms with Crippen LogP contribution in [0.25, 0.3) is 55.4 Å². The summed E-state index contributed by atoms with van der Waals surface area (Å²) >= 11 is 0. The van der Waals surface area contributed by atoms with E-state index in [-0.39, 0.29) is 0 Å². The molecule has 4 heterocycles. The van der Waals surface area contributed by atoms with E-state index in [2.05, 4.69) is 38.1 Å². The van der Waals surface area contributed by atoms with Crippen LogP contribution in [-0.2, 0) is 0 Å². The number of hydrogen-bond donors (Lipinski definition) is 0. The van der Waals surface area contributed by atoms with Gasteiger partial charge in [-0.15, -0.1) is 0 Å². The summed E-state index contributed by atoms with van der Waals surface area (Å²) in [5, 5.41) is 3.27. The van der Waals surface area contributed by atoms with Crippen LogP contribution >= 0.6 is 0 Å². The molecule has 6 rings (SSSR count). The fourth-order valence-corrected chi connectivity index (χ4v) is 3.66. The summed E-state index contributed by atoms with van der Waals surface area (Å²) in [6.45, 7) is 0. The average molecular weight is 385 g/mol. The molecule has 0 aliphatic carbocycles. The Morgan fingerprint density at radius 3 is 2.37 bits per heavy atom. The molecule has 5 nitrogen and oxygen atoms in total. The number of hydrogen-bond acceptors (Lipinski definition) is 5. The van der Waals surface area contributed by atoms with Gasteiger partial charge in [-0.3, -0.25) is 9.97 Å². The number of pyridine rings is 3. The molecule has 0 unspecified atom stereocenters. The van der Waals surface area contributed by atoms with E-state index in [4.69, 9.17) is 4.98 Å². The monoisotopic (exact) mass is 385 g/mol. The van der Waals surface area contributed by atoms with E-state index in [0.29, 0.717) is 0 Å². The summed E-state index contributed by atoms with van der Waals surface area (Å²) in [5.74, 6) is 0. The van der Waals surface area contributed by atoms with Crippen molar-refractivity contribution in [2.75, 3.05) is 0 Å². The van der Waals surface area contributed by atoms with Crippen molar-refractivity contribution in [3.63, 3.8) is 0 Å². The number of fused-ring (bicyclic) bond motifs is 3. The number of aromatic nitrogens is 5. The topological polar surface area (TPSA) is 64.5 Å². The second-order valence-corrected chi connectivity index (χ2v) is 7.15. The highest BCUT2D eigenvalue weighted by atomic mass is 14.8. The second-order valence-electron chi connectivity index (χ2n) is 7.15. The Labute approximate surface area is 172 Å². The minimum Gasteiger partial charge on any atom is -0.256 e. The fourth-order valence-electron chi connectivity index (χ4n) is 3.66. The van der Waals surface area contributed by atoms with E-state index in [0.717, 1.165) is 50.0 Å². The van der Waals surface area contributed by atoms with Crippen molar-refractivity contribution in [1.82, 2.24) is 24.9 Å². The van der Waals surface area contributed by atoms with Crippen molar-refractivity contribution in [2.45, 2.75) is 0 Å². The smallest absolute Gasteiger partial charge is 0.159 e. The zero-order chi connectivity index (χ0) is 19.9. The highest BCUT2D eigenvalue weighted by Crippen LogP contribution is 2.26. The van der Waals surface area contributed by atoms with Gasteiger partial charge in [0.25, 0.3) is 0 Å². The molecule has 140 valence electrons. The lowest BCUT2D eigenvalue weighted by molar-refractivity contribution is 1.25. The van der Waals surface area contributed by atoms with Crippen LogP contribution in [0.5, 0.6) is 0 Å². The molecule has 0 saturated heterocycles. The van der Waals surface area contributed by atoms with Crippen LogP contribution in [0.1, 0.15) is 0 Å². The van der Waals surface area contributed by atoms with Gasteiger partial charge in [0, 0.05) is 40.5 Å². The molecule has 0 atom stereocenters. The van der Waals surface area contributed by atoms with Crippen molar-refractivity contribution in [1.29, 1.82) is 0 Å². The Kier molecular flexibility index (Phi) is 3.71. The number of nitrogens with zero attached hydrogens (tertiary/aromatic N) is 5. The van der Waals surface area contributed by atoms with E-state index in [1.54, 1.807) is 18.6 Å². The van der Waals surface area contributed by atoms with E-state index >= 15 is 0 Å². The average Bonchev–Trinajstić information content (AvgIpc) is 2.82. The van der Waals surface area contributed by atoms with Gasteiger partial charge in [-0.1, -0.05) is 30.3 Å². The quantitative estimate of drug-likeness (QED) is 0.396. The zero-order valence-corrected chi connectivity index (χ0v) is 15.9. The normalized spacial score (nSPS) is 11.3. The Bertz CT molecular complexity index is 1440. The Balaban J connectivity index is 1.46. The lowest BCUT2D eigenvalue weighted by Crippen LogP contribution is -1.92. The standard InChI is InChI=1S/C25H15N5/c1-2-5-19-13-27-22(11-16(19)4-1)17-7-8-21-23(12-17)30-24(15-28-21)20-10-18-6-3-9-26-25(18)29-14-20/h1-15H. The molecule has 0 amide bonds. The Hall–Kier alpha value is -4.25. The Morgan fingerprint density at radius 2 is 1.40 bits per heavy atom. The predicted octanol–water partition coefficient (Wildman–Crippen LogP) is 5.46. The van der Waals surface area contributed by atoms with E-state index in [9.17, 15) is 0 Å². The summed E-state index contributed by atoms with van der Waals surface area (Å²) in [6.07, 6.45) is 7.23.